The number of alkyl halides is 2. The molecular weight excluding hydrogens is 299 g/mol. The number of amides is 2. The molecule has 2 aliphatic rings. The number of nitrogens with zero attached hydrogens (tertiary/aromatic N) is 1. The van der Waals surface area contributed by atoms with Crippen LogP contribution in [0, 0.1) is 11.3 Å². The van der Waals surface area contributed by atoms with Gasteiger partial charge >= 0.3 is 0 Å². The summed E-state index contributed by atoms with van der Waals surface area (Å²) in [5.41, 5.74) is -0.666. The Hall–Kier alpha value is -0.480. The molecular formula is C14H22Cl2N2O2. The SMILES string of the molecule is CC(C)C(=O)N1CCC(NC(=O)[C@]2(C)CC2(Cl)Cl)CC1. The van der Waals surface area contributed by atoms with Crippen LogP contribution in [0.2, 0.25) is 0 Å². The minimum Gasteiger partial charge on any atom is -0.353 e. The minimum atomic E-state index is -0.925. The van der Waals surface area contributed by atoms with E-state index in [4.69, 9.17) is 23.2 Å². The van der Waals surface area contributed by atoms with Crippen LogP contribution in [0.3, 0.4) is 0 Å². The summed E-state index contributed by atoms with van der Waals surface area (Å²) in [5, 5.41) is 3.02. The molecule has 1 aliphatic carbocycles. The predicted molar refractivity (Wildman–Crippen MR) is 79.7 cm³/mol. The first-order valence-electron chi connectivity index (χ1n) is 7.15. The van der Waals surface area contributed by atoms with Gasteiger partial charge in [0.05, 0.1) is 5.41 Å². The summed E-state index contributed by atoms with van der Waals surface area (Å²) >= 11 is 12.0. The van der Waals surface area contributed by atoms with Crippen molar-refractivity contribution in [3.63, 3.8) is 0 Å². The number of carbonyl (C=O) groups excluding carboxylic acids is 2. The molecule has 4 nitrogen and oxygen atoms in total. The summed E-state index contributed by atoms with van der Waals surface area (Å²) in [6.45, 7) is 7.01. The second-order valence-electron chi connectivity index (χ2n) is 6.44. The molecule has 1 heterocycles. The molecule has 0 aromatic heterocycles. The number of halogens is 2. The Bertz CT molecular complexity index is 417. The molecule has 0 unspecified atom stereocenters. The molecule has 1 N–H and O–H groups in total. The molecule has 114 valence electrons. The lowest BCUT2D eigenvalue weighted by molar-refractivity contribution is -0.135. The Morgan fingerprint density at radius 2 is 1.75 bits per heavy atom. The van der Waals surface area contributed by atoms with Crippen molar-refractivity contribution in [3.8, 4) is 0 Å². The Balaban J connectivity index is 1.81. The topological polar surface area (TPSA) is 49.4 Å². The van der Waals surface area contributed by atoms with Crippen LogP contribution in [0.4, 0.5) is 0 Å². The third-order valence-corrected chi connectivity index (χ3v) is 5.50. The highest BCUT2D eigenvalue weighted by molar-refractivity contribution is 6.53. The van der Waals surface area contributed by atoms with Gasteiger partial charge in [-0.1, -0.05) is 13.8 Å². The van der Waals surface area contributed by atoms with Crippen LogP contribution in [-0.4, -0.2) is 40.2 Å². The molecule has 2 fully saturated rings. The van der Waals surface area contributed by atoms with Crippen molar-refractivity contribution >= 4 is 35.0 Å². The number of rotatable bonds is 3. The van der Waals surface area contributed by atoms with E-state index in [9.17, 15) is 9.59 Å². The molecule has 0 aromatic carbocycles. The van der Waals surface area contributed by atoms with Crippen molar-refractivity contribution in [2.24, 2.45) is 11.3 Å². The van der Waals surface area contributed by atoms with E-state index in [-0.39, 0.29) is 23.8 Å². The third-order valence-electron chi connectivity index (χ3n) is 4.39. The van der Waals surface area contributed by atoms with Gasteiger partial charge in [0.25, 0.3) is 0 Å². The number of carbonyl (C=O) groups is 2. The standard InChI is InChI=1S/C14H22Cl2N2O2/c1-9(2)11(19)18-6-4-10(5-7-18)17-12(20)13(3)8-14(13,15)16/h9-10H,4-8H2,1-3H3,(H,17,20)/t13-/m0/s1. The molecule has 0 radical (unpaired) electrons. The first kappa shape index (κ1) is 15.9. The molecule has 6 heteroatoms. The monoisotopic (exact) mass is 320 g/mol. The largest absolute Gasteiger partial charge is 0.353 e. The van der Waals surface area contributed by atoms with Gasteiger partial charge in [0.1, 0.15) is 4.33 Å². The van der Waals surface area contributed by atoms with Gasteiger partial charge in [-0.2, -0.15) is 0 Å². The maximum atomic E-state index is 12.2. The molecule has 20 heavy (non-hydrogen) atoms. The summed E-state index contributed by atoms with van der Waals surface area (Å²) < 4.78 is -0.925. The number of hydrogen-bond acceptors (Lipinski definition) is 2. The van der Waals surface area contributed by atoms with Crippen LogP contribution in [0.15, 0.2) is 0 Å². The van der Waals surface area contributed by atoms with Gasteiger partial charge in [-0.15, -0.1) is 23.2 Å². The zero-order chi connectivity index (χ0) is 15.1. The highest BCUT2D eigenvalue weighted by Crippen LogP contribution is 2.63. The van der Waals surface area contributed by atoms with Crippen molar-refractivity contribution in [3.05, 3.63) is 0 Å². The molecule has 2 amide bonds. The zero-order valence-corrected chi connectivity index (χ0v) is 13.7. The highest BCUT2D eigenvalue weighted by atomic mass is 35.5. The lowest BCUT2D eigenvalue weighted by atomic mass is 10.0. The lowest BCUT2D eigenvalue weighted by Crippen LogP contribution is -2.49. The summed E-state index contributed by atoms with van der Waals surface area (Å²) in [7, 11) is 0. The molecule has 0 spiro atoms. The molecule has 0 bridgehead atoms. The van der Waals surface area contributed by atoms with E-state index < -0.39 is 9.75 Å². The van der Waals surface area contributed by atoms with Gasteiger partial charge in [-0.25, -0.2) is 0 Å². The summed E-state index contributed by atoms with van der Waals surface area (Å²) in [4.78, 5) is 25.9. The molecule has 2 rings (SSSR count). The summed E-state index contributed by atoms with van der Waals surface area (Å²) in [5.74, 6) is 0.139. The predicted octanol–water partition coefficient (Wildman–Crippen LogP) is 2.33. The van der Waals surface area contributed by atoms with Gasteiger partial charge in [0.15, 0.2) is 0 Å². The van der Waals surface area contributed by atoms with Gasteiger partial charge in [0.2, 0.25) is 11.8 Å². The van der Waals surface area contributed by atoms with Gasteiger partial charge in [-0.3, -0.25) is 9.59 Å². The van der Waals surface area contributed by atoms with Crippen LogP contribution < -0.4 is 5.32 Å². The Kier molecular flexibility index (Phi) is 4.27. The van der Waals surface area contributed by atoms with Crippen molar-refractivity contribution in [1.82, 2.24) is 10.2 Å². The zero-order valence-electron chi connectivity index (χ0n) is 12.2. The Morgan fingerprint density at radius 3 is 2.15 bits per heavy atom. The molecule has 1 aliphatic heterocycles. The Morgan fingerprint density at radius 1 is 1.25 bits per heavy atom. The van der Waals surface area contributed by atoms with E-state index in [1.807, 2.05) is 18.7 Å². The normalized spacial score (nSPS) is 29.4. The molecule has 1 saturated heterocycles. The van der Waals surface area contributed by atoms with Crippen molar-refractivity contribution in [1.29, 1.82) is 0 Å². The molecule has 1 atom stereocenters. The minimum absolute atomic E-state index is 0.0274. The van der Waals surface area contributed by atoms with Crippen LogP contribution in [-0.2, 0) is 9.59 Å². The smallest absolute Gasteiger partial charge is 0.229 e. The lowest BCUT2D eigenvalue weighted by Gasteiger charge is -2.34. The summed E-state index contributed by atoms with van der Waals surface area (Å²) in [6.07, 6.45) is 2.08. The van der Waals surface area contributed by atoms with E-state index in [2.05, 4.69) is 5.32 Å². The third kappa shape index (κ3) is 2.91. The number of piperidine rings is 1. The quantitative estimate of drug-likeness (QED) is 0.811. The fraction of sp³-hybridized carbons (Fsp3) is 0.857. The van der Waals surface area contributed by atoms with Crippen molar-refractivity contribution in [2.45, 2.75) is 50.4 Å². The van der Waals surface area contributed by atoms with Gasteiger partial charge in [-0.05, 0) is 26.2 Å². The fourth-order valence-corrected chi connectivity index (χ4v) is 3.31. The fourth-order valence-electron chi connectivity index (χ4n) is 2.60. The van der Waals surface area contributed by atoms with Crippen LogP contribution in [0.1, 0.15) is 40.0 Å². The number of likely N-dealkylation sites (tertiary alicyclic amines) is 1. The van der Waals surface area contributed by atoms with Crippen LogP contribution in [0.25, 0.3) is 0 Å². The van der Waals surface area contributed by atoms with Crippen LogP contribution in [0.5, 0.6) is 0 Å². The average molecular weight is 321 g/mol. The average Bonchev–Trinajstić information content (AvgIpc) is 2.90. The van der Waals surface area contributed by atoms with Crippen molar-refractivity contribution in [2.75, 3.05) is 13.1 Å². The summed E-state index contributed by atoms with van der Waals surface area (Å²) in [6, 6.07) is 0.111. The van der Waals surface area contributed by atoms with E-state index >= 15 is 0 Å². The first-order valence-corrected chi connectivity index (χ1v) is 7.90. The Labute approximate surface area is 130 Å². The van der Waals surface area contributed by atoms with E-state index in [1.54, 1.807) is 6.92 Å². The first-order chi connectivity index (χ1) is 9.17. The van der Waals surface area contributed by atoms with E-state index in [0.717, 1.165) is 12.8 Å². The van der Waals surface area contributed by atoms with Gasteiger partial charge < -0.3 is 10.2 Å². The molecule has 1 saturated carbocycles. The maximum absolute atomic E-state index is 12.2. The van der Waals surface area contributed by atoms with Crippen LogP contribution >= 0.6 is 23.2 Å². The van der Waals surface area contributed by atoms with Crippen molar-refractivity contribution < 1.29 is 9.59 Å². The highest BCUT2D eigenvalue weighted by Gasteiger charge is 2.68. The van der Waals surface area contributed by atoms with E-state index in [1.165, 1.54) is 0 Å². The molecule has 0 aromatic rings. The maximum Gasteiger partial charge on any atom is 0.229 e. The second kappa shape index (κ2) is 5.38. The van der Waals surface area contributed by atoms with E-state index in [0.29, 0.717) is 19.5 Å². The number of hydrogen-bond donors (Lipinski definition) is 1. The van der Waals surface area contributed by atoms with Gasteiger partial charge in [0, 0.05) is 25.0 Å². The number of nitrogens with one attached hydrogen (secondary N) is 1. The second-order valence-corrected chi connectivity index (χ2v) is 7.92.